The van der Waals surface area contributed by atoms with Gasteiger partial charge in [0.25, 0.3) is 0 Å². The Balaban J connectivity index is 2.78. The van der Waals surface area contributed by atoms with Crippen molar-refractivity contribution < 1.29 is 0 Å². The Morgan fingerprint density at radius 1 is 1.28 bits per heavy atom. The summed E-state index contributed by atoms with van der Waals surface area (Å²) in [5.41, 5.74) is 1.21. The van der Waals surface area contributed by atoms with Crippen LogP contribution in [0.15, 0.2) is 6.20 Å². The first kappa shape index (κ1) is 15.2. The molecule has 0 amide bonds. The zero-order valence-electron chi connectivity index (χ0n) is 12.3. The minimum absolute atomic E-state index is 0.390. The molecule has 0 radical (unpaired) electrons. The predicted octanol–water partition coefficient (Wildman–Crippen LogP) is 3.07. The Morgan fingerprint density at radius 3 is 2.56 bits per heavy atom. The molecule has 0 fully saturated rings. The second-order valence-corrected chi connectivity index (χ2v) is 5.02. The highest BCUT2D eigenvalue weighted by molar-refractivity contribution is 5.04. The Labute approximate surface area is 111 Å². The molecule has 18 heavy (non-hydrogen) atoms. The minimum atomic E-state index is 0.390. The van der Waals surface area contributed by atoms with E-state index in [-0.39, 0.29) is 0 Å². The number of hydrogen-bond donors (Lipinski definition) is 1. The van der Waals surface area contributed by atoms with Crippen LogP contribution in [0.2, 0.25) is 0 Å². The van der Waals surface area contributed by atoms with Gasteiger partial charge in [0.15, 0.2) is 0 Å². The van der Waals surface area contributed by atoms with Gasteiger partial charge in [0.05, 0.1) is 17.9 Å². The van der Waals surface area contributed by atoms with Crippen molar-refractivity contribution in [2.45, 2.75) is 58.9 Å². The smallest absolute Gasteiger partial charge is 0.0756 e. The molecule has 0 saturated carbocycles. The van der Waals surface area contributed by atoms with Gasteiger partial charge in [0, 0.05) is 7.05 Å². The Bertz CT molecular complexity index is 321. The van der Waals surface area contributed by atoms with Crippen LogP contribution in [0.3, 0.4) is 0 Å². The lowest BCUT2D eigenvalue weighted by atomic mass is 9.89. The summed E-state index contributed by atoms with van der Waals surface area (Å²) in [5.74, 6) is 0.675. The van der Waals surface area contributed by atoms with Crippen molar-refractivity contribution in [3.8, 4) is 0 Å². The highest BCUT2D eigenvalue weighted by Gasteiger charge is 2.23. The molecule has 1 N–H and O–H groups in total. The molecule has 0 aliphatic rings. The molecule has 0 aliphatic heterocycles. The fourth-order valence-electron chi connectivity index (χ4n) is 2.46. The lowest BCUT2D eigenvalue weighted by molar-refractivity contribution is 0.311. The first-order valence-corrected chi connectivity index (χ1v) is 7.32. The van der Waals surface area contributed by atoms with E-state index < -0.39 is 0 Å². The first-order chi connectivity index (χ1) is 8.74. The lowest BCUT2D eigenvalue weighted by Gasteiger charge is -2.27. The van der Waals surface area contributed by atoms with Crippen LogP contribution < -0.4 is 5.32 Å². The van der Waals surface area contributed by atoms with Crippen LogP contribution in [-0.2, 0) is 7.05 Å². The van der Waals surface area contributed by atoms with Gasteiger partial charge < -0.3 is 5.32 Å². The number of unbranched alkanes of at least 4 members (excludes halogenated alkanes) is 1. The first-order valence-electron chi connectivity index (χ1n) is 7.32. The van der Waals surface area contributed by atoms with Crippen LogP contribution >= 0.6 is 0 Å². The summed E-state index contributed by atoms with van der Waals surface area (Å²) in [7, 11) is 1.98. The molecule has 2 atom stereocenters. The summed E-state index contributed by atoms with van der Waals surface area (Å²) in [4.78, 5) is 0. The second-order valence-electron chi connectivity index (χ2n) is 5.02. The fourth-order valence-corrected chi connectivity index (χ4v) is 2.46. The topological polar surface area (TPSA) is 42.7 Å². The Kier molecular flexibility index (Phi) is 6.94. The third kappa shape index (κ3) is 4.09. The van der Waals surface area contributed by atoms with Gasteiger partial charge in [-0.3, -0.25) is 4.68 Å². The summed E-state index contributed by atoms with van der Waals surface area (Å²) in [5, 5.41) is 11.8. The van der Waals surface area contributed by atoms with Crippen molar-refractivity contribution in [1.29, 1.82) is 0 Å². The molecule has 0 spiro atoms. The van der Waals surface area contributed by atoms with E-state index in [1.807, 2.05) is 17.9 Å². The lowest BCUT2D eigenvalue weighted by Crippen LogP contribution is -2.30. The van der Waals surface area contributed by atoms with Gasteiger partial charge >= 0.3 is 0 Å². The fraction of sp³-hybridized carbons (Fsp3) is 0.857. The van der Waals surface area contributed by atoms with E-state index in [0.717, 1.165) is 13.0 Å². The monoisotopic (exact) mass is 252 g/mol. The van der Waals surface area contributed by atoms with Crippen LogP contribution in [0, 0.1) is 5.92 Å². The standard InChI is InChI=1S/C14H28N4/c1-5-8-9-12(7-3)14(15-10-6-2)13-11-16-17-18(13)4/h11-12,14-15H,5-10H2,1-4H3. The molecule has 4 heteroatoms. The highest BCUT2D eigenvalue weighted by Crippen LogP contribution is 2.28. The maximum absolute atomic E-state index is 4.07. The molecular formula is C14H28N4. The second kappa shape index (κ2) is 8.25. The largest absolute Gasteiger partial charge is 0.308 e. The average molecular weight is 252 g/mol. The quantitative estimate of drug-likeness (QED) is 0.734. The molecule has 1 aromatic rings. The van der Waals surface area contributed by atoms with Crippen LogP contribution in [0.25, 0.3) is 0 Å². The maximum Gasteiger partial charge on any atom is 0.0756 e. The van der Waals surface area contributed by atoms with Crippen LogP contribution in [-0.4, -0.2) is 21.5 Å². The molecule has 4 nitrogen and oxygen atoms in total. The van der Waals surface area contributed by atoms with Gasteiger partial charge in [-0.25, -0.2) is 0 Å². The number of hydrogen-bond acceptors (Lipinski definition) is 3. The minimum Gasteiger partial charge on any atom is -0.308 e. The number of rotatable bonds is 9. The van der Waals surface area contributed by atoms with Crippen molar-refractivity contribution in [3.63, 3.8) is 0 Å². The van der Waals surface area contributed by atoms with Gasteiger partial charge in [-0.05, 0) is 25.3 Å². The van der Waals surface area contributed by atoms with Crippen molar-refractivity contribution in [3.05, 3.63) is 11.9 Å². The number of aryl methyl sites for hydroxylation is 1. The predicted molar refractivity (Wildman–Crippen MR) is 75.3 cm³/mol. The van der Waals surface area contributed by atoms with Crippen molar-refractivity contribution in [2.75, 3.05) is 6.54 Å². The van der Waals surface area contributed by atoms with Crippen molar-refractivity contribution in [2.24, 2.45) is 13.0 Å². The third-order valence-corrected chi connectivity index (χ3v) is 3.61. The molecule has 0 aliphatic carbocycles. The number of nitrogens with zero attached hydrogens (tertiary/aromatic N) is 3. The Morgan fingerprint density at radius 2 is 2.06 bits per heavy atom. The maximum atomic E-state index is 4.07. The SMILES string of the molecule is CCCCC(CC)C(NCCC)c1cnnn1C. The molecule has 0 aromatic carbocycles. The average Bonchev–Trinajstić information content (AvgIpc) is 2.79. The van der Waals surface area contributed by atoms with Gasteiger partial charge in [0.1, 0.15) is 0 Å². The summed E-state index contributed by atoms with van der Waals surface area (Å²) in [6.07, 6.45) is 8.11. The molecular weight excluding hydrogens is 224 g/mol. The summed E-state index contributed by atoms with van der Waals surface area (Å²) in [6.45, 7) is 7.80. The zero-order chi connectivity index (χ0) is 13.4. The van der Waals surface area contributed by atoms with Gasteiger partial charge in [-0.1, -0.05) is 45.2 Å². The molecule has 1 aromatic heterocycles. The van der Waals surface area contributed by atoms with Crippen molar-refractivity contribution in [1.82, 2.24) is 20.3 Å². The van der Waals surface area contributed by atoms with Crippen LogP contribution in [0.5, 0.6) is 0 Å². The summed E-state index contributed by atoms with van der Waals surface area (Å²) >= 11 is 0. The molecule has 1 heterocycles. The van der Waals surface area contributed by atoms with E-state index in [9.17, 15) is 0 Å². The van der Waals surface area contributed by atoms with Gasteiger partial charge in [-0.15, -0.1) is 5.10 Å². The summed E-state index contributed by atoms with van der Waals surface area (Å²) in [6, 6.07) is 0.390. The third-order valence-electron chi connectivity index (χ3n) is 3.61. The van der Waals surface area contributed by atoms with Gasteiger partial charge in [0.2, 0.25) is 0 Å². The van der Waals surface area contributed by atoms with Crippen LogP contribution in [0.1, 0.15) is 64.6 Å². The van der Waals surface area contributed by atoms with E-state index >= 15 is 0 Å². The Hall–Kier alpha value is -0.900. The summed E-state index contributed by atoms with van der Waals surface area (Å²) < 4.78 is 1.90. The van der Waals surface area contributed by atoms with E-state index in [1.165, 1.54) is 31.4 Å². The number of aromatic nitrogens is 3. The van der Waals surface area contributed by atoms with E-state index in [4.69, 9.17) is 0 Å². The van der Waals surface area contributed by atoms with Crippen molar-refractivity contribution >= 4 is 0 Å². The number of nitrogens with one attached hydrogen (secondary N) is 1. The zero-order valence-corrected chi connectivity index (χ0v) is 12.3. The normalized spacial score (nSPS) is 14.7. The van der Waals surface area contributed by atoms with E-state index in [0.29, 0.717) is 12.0 Å². The van der Waals surface area contributed by atoms with E-state index in [2.05, 4.69) is 36.4 Å². The van der Waals surface area contributed by atoms with Gasteiger partial charge in [-0.2, -0.15) is 0 Å². The molecule has 2 unspecified atom stereocenters. The van der Waals surface area contributed by atoms with E-state index in [1.54, 1.807) is 0 Å². The highest BCUT2D eigenvalue weighted by atomic mass is 15.4. The molecule has 0 saturated heterocycles. The molecule has 1 rings (SSSR count). The molecule has 104 valence electrons. The van der Waals surface area contributed by atoms with Crippen LogP contribution in [0.4, 0.5) is 0 Å². The molecule has 0 bridgehead atoms.